The molecule has 0 radical (unpaired) electrons. The Labute approximate surface area is 198 Å². The largest absolute Gasteiger partial charge is 0.497 e. The van der Waals surface area contributed by atoms with Gasteiger partial charge in [-0.1, -0.05) is 12.1 Å². The SMILES string of the molecule is COc1ccc2c(C)c(CCC(=O)NCc3cccc(C(=O)N4CCCCC4)c3)c(=O)oc2c1. The topological polar surface area (TPSA) is 88.9 Å². The fourth-order valence-corrected chi connectivity index (χ4v) is 4.41. The first-order valence-electron chi connectivity index (χ1n) is 11.7. The van der Waals surface area contributed by atoms with Crippen molar-refractivity contribution in [2.75, 3.05) is 20.2 Å². The average molecular weight is 463 g/mol. The summed E-state index contributed by atoms with van der Waals surface area (Å²) in [5, 5.41) is 3.72. The van der Waals surface area contributed by atoms with Crippen molar-refractivity contribution in [2.24, 2.45) is 0 Å². The lowest BCUT2D eigenvalue weighted by Gasteiger charge is -2.26. The molecule has 0 saturated carbocycles. The number of ether oxygens (including phenoxy) is 1. The van der Waals surface area contributed by atoms with Crippen molar-refractivity contribution in [1.29, 1.82) is 0 Å². The standard InChI is InChI=1S/C27H30N2O5/c1-18-22-10-9-21(33-2)16-24(22)34-27(32)23(18)11-12-25(30)28-17-19-7-6-8-20(15-19)26(31)29-13-4-3-5-14-29/h6-10,15-16H,3-5,11-14,17H2,1-2H3,(H,28,30). The van der Waals surface area contributed by atoms with E-state index in [0.29, 0.717) is 29.0 Å². The molecule has 0 bridgehead atoms. The number of rotatable bonds is 7. The maximum absolute atomic E-state index is 12.7. The summed E-state index contributed by atoms with van der Waals surface area (Å²) in [4.78, 5) is 39.6. The fraction of sp³-hybridized carbons (Fsp3) is 0.370. The number of hydrogen-bond donors (Lipinski definition) is 1. The number of methoxy groups -OCH3 is 1. The van der Waals surface area contributed by atoms with E-state index < -0.39 is 5.63 Å². The van der Waals surface area contributed by atoms with Crippen molar-refractivity contribution in [3.63, 3.8) is 0 Å². The summed E-state index contributed by atoms with van der Waals surface area (Å²) >= 11 is 0. The van der Waals surface area contributed by atoms with Gasteiger partial charge in [-0.15, -0.1) is 0 Å². The molecule has 1 aliphatic rings. The number of hydrogen-bond acceptors (Lipinski definition) is 5. The number of piperidine rings is 1. The van der Waals surface area contributed by atoms with Gasteiger partial charge in [0.15, 0.2) is 0 Å². The van der Waals surface area contributed by atoms with Crippen molar-refractivity contribution in [3.05, 3.63) is 75.1 Å². The highest BCUT2D eigenvalue weighted by molar-refractivity contribution is 5.94. The first-order chi connectivity index (χ1) is 16.5. The zero-order chi connectivity index (χ0) is 24.1. The Morgan fingerprint density at radius 3 is 2.65 bits per heavy atom. The molecule has 1 fully saturated rings. The zero-order valence-electron chi connectivity index (χ0n) is 19.7. The Morgan fingerprint density at radius 1 is 1.09 bits per heavy atom. The highest BCUT2D eigenvalue weighted by Gasteiger charge is 2.18. The second kappa shape index (κ2) is 10.5. The van der Waals surface area contributed by atoms with Crippen LogP contribution in [-0.2, 0) is 17.8 Å². The summed E-state index contributed by atoms with van der Waals surface area (Å²) in [7, 11) is 1.56. The third kappa shape index (κ3) is 5.30. The summed E-state index contributed by atoms with van der Waals surface area (Å²) in [5.41, 5.74) is 2.86. The molecule has 0 unspecified atom stereocenters. The molecule has 0 atom stereocenters. The van der Waals surface area contributed by atoms with Gasteiger partial charge in [0.25, 0.3) is 5.91 Å². The minimum Gasteiger partial charge on any atom is -0.497 e. The molecule has 178 valence electrons. The van der Waals surface area contributed by atoms with E-state index in [4.69, 9.17) is 9.15 Å². The molecule has 2 aromatic carbocycles. The Hall–Kier alpha value is -3.61. The van der Waals surface area contributed by atoms with Crippen LogP contribution >= 0.6 is 0 Å². The van der Waals surface area contributed by atoms with Gasteiger partial charge in [0, 0.05) is 48.6 Å². The van der Waals surface area contributed by atoms with Crippen molar-refractivity contribution >= 4 is 22.8 Å². The fourth-order valence-electron chi connectivity index (χ4n) is 4.41. The normalized spacial score (nSPS) is 13.6. The van der Waals surface area contributed by atoms with Crippen molar-refractivity contribution in [3.8, 4) is 5.75 Å². The molecule has 1 N–H and O–H groups in total. The second-order valence-electron chi connectivity index (χ2n) is 8.69. The predicted molar refractivity (Wildman–Crippen MR) is 130 cm³/mol. The van der Waals surface area contributed by atoms with Gasteiger partial charge in [-0.3, -0.25) is 9.59 Å². The zero-order valence-corrected chi connectivity index (χ0v) is 19.7. The minimum absolute atomic E-state index is 0.0454. The quantitative estimate of drug-likeness (QED) is 0.537. The van der Waals surface area contributed by atoms with Crippen LogP contribution in [0.3, 0.4) is 0 Å². The summed E-state index contributed by atoms with van der Waals surface area (Å²) in [6.07, 6.45) is 3.72. The molecule has 2 heterocycles. The smallest absolute Gasteiger partial charge is 0.339 e. The monoisotopic (exact) mass is 462 g/mol. The van der Waals surface area contributed by atoms with Gasteiger partial charge in [0.1, 0.15) is 11.3 Å². The van der Waals surface area contributed by atoms with Crippen LogP contribution in [0.25, 0.3) is 11.0 Å². The third-order valence-corrected chi connectivity index (χ3v) is 6.40. The van der Waals surface area contributed by atoms with Crippen LogP contribution in [0.15, 0.2) is 51.7 Å². The maximum atomic E-state index is 12.7. The van der Waals surface area contributed by atoms with Crippen LogP contribution < -0.4 is 15.7 Å². The van der Waals surface area contributed by atoms with Crippen LogP contribution in [0.1, 0.15) is 52.7 Å². The Kier molecular flexibility index (Phi) is 7.30. The maximum Gasteiger partial charge on any atom is 0.339 e. The van der Waals surface area contributed by atoms with Gasteiger partial charge in [0.05, 0.1) is 7.11 Å². The van der Waals surface area contributed by atoms with Crippen molar-refractivity contribution < 1.29 is 18.7 Å². The van der Waals surface area contributed by atoms with Gasteiger partial charge in [-0.05, 0) is 68.0 Å². The van der Waals surface area contributed by atoms with Crippen LogP contribution in [0.4, 0.5) is 0 Å². The van der Waals surface area contributed by atoms with Crippen LogP contribution in [0, 0.1) is 6.92 Å². The number of nitrogens with zero attached hydrogens (tertiary/aromatic N) is 1. The number of carbonyl (C=O) groups is 2. The van der Waals surface area contributed by atoms with E-state index in [1.807, 2.05) is 48.2 Å². The van der Waals surface area contributed by atoms with Crippen LogP contribution in [-0.4, -0.2) is 36.9 Å². The molecule has 0 aliphatic carbocycles. The van der Waals surface area contributed by atoms with E-state index in [0.717, 1.165) is 42.4 Å². The van der Waals surface area contributed by atoms with Gasteiger partial charge in [0.2, 0.25) is 5.91 Å². The first kappa shape index (κ1) is 23.5. The Bertz CT molecular complexity index is 1260. The number of aryl methyl sites for hydroxylation is 1. The number of carbonyl (C=O) groups excluding carboxylic acids is 2. The van der Waals surface area contributed by atoms with Gasteiger partial charge >= 0.3 is 5.63 Å². The lowest BCUT2D eigenvalue weighted by molar-refractivity contribution is -0.121. The molecule has 1 saturated heterocycles. The predicted octanol–water partition coefficient (Wildman–Crippen LogP) is 3.99. The van der Waals surface area contributed by atoms with Gasteiger partial charge in [-0.2, -0.15) is 0 Å². The Balaban J connectivity index is 1.36. The molecule has 1 aliphatic heterocycles. The summed E-state index contributed by atoms with van der Waals surface area (Å²) in [6.45, 7) is 3.79. The number of fused-ring (bicyclic) bond motifs is 1. The lowest BCUT2D eigenvalue weighted by Crippen LogP contribution is -2.35. The van der Waals surface area contributed by atoms with E-state index in [1.54, 1.807) is 13.2 Å². The average Bonchev–Trinajstić information content (AvgIpc) is 2.87. The molecular weight excluding hydrogens is 432 g/mol. The van der Waals surface area contributed by atoms with Crippen LogP contribution in [0.2, 0.25) is 0 Å². The second-order valence-corrected chi connectivity index (χ2v) is 8.69. The van der Waals surface area contributed by atoms with Crippen molar-refractivity contribution in [1.82, 2.24) is 10.2 Å². The summed E-state index contributed by atoms with van der Waals surface area (Å²) in [5.74, 6) is 0.495. The highest BCUT2D eigenvalue weighted by Crippen LogP contribution is 2.24. The van der Waals surface area contributed by atoms with E-state index in [2.05, 4.69) is 5.32 Å². The number of benzene rings is 2. The number of nitrogens with one attached hydrogen (secondary N) is 1. The molecule has 7 nitrogen and oxygen atoms in total. The van der Waals surface area contributed by atoms with E-state index in [-0.39, 0.29) is 24.7 Å². The molecule has 4 rings (SSSR count). The molecule has 2 amide bonds. The summed E-state index contributed by atoms with van der Waals surface area (Å²) in [6, 6.07) is 12.8. The number of likely N-dealkylation sites (tertiary alicyclic amines) is 1. The molecule has 34 heavy (non-hydrogen) atoms. The van der Waals surface area contributed by atoms with E-state index >= 15 is 0 Å². The first-order valence-corrected chi connectivity index (χ1v) is 11.7. The molecule has 3 aromatic rings. The molecular formula is C27H30N2O5. The Morgan fingerprint density at radius 2 is 1.88 bits per heavy atom. The van der Waals surface area contributed by atoms with E-state index in [9.17, 15) is 14.4 Å². The highest BCUT2D eigenvalue weighted by atomic mass is 16.5. The van der Waals surface area contributed by atoms with E-state index in [1.165, 1.54) is 6.42 Å². The van der Waals surface area contributed by atoms with Gasteiger partial charge < -0.3 is 19.4 Å². The van der Waals surface area contributed by atoms with Crippen molar-refractivity contribution in [2.45, 2.75) is 45.6 Å². The number of amides is 2. The lowest BCUT2D eigenvalue weighted by atomic mass is 10.0. The van der Waals surface area contributed by atoms with Crippen LogP contribution in [0.5, 0.6) is 5.75 Å². The third-order valence-electron chi connectivity index (χ3n) is 6.40. The van der Waals surface area contributed by atoms with Gasteiger partial charge in [-0.25, -0.2) is 4.79 Å². The minimum atomic E-state index is -0.435. The molecule has 0 spiro atoms. The molecule has 1 aromatic heterocycles. The summed E-state index contributed by atoms with van der Waals surface area (Å²) < 4.78 is 10.6. The molecule has 7 heteroatoms.